The van der Waals surface area contributed by atoms with Gasteiger partial charge in [-0.15, -0.1) is 0 Å². The lowest BCUT2D eigenvalue weighted by atomic mass is 10.1. The summed E-state index contributed by atoms with van der Waals surface area (Å²) in [4.78, 5) is 27.2. The Balaban J connectivity index is 2.77. The summed E-state index contributed by atoms with van der Waals surface area (Å²) in [5, 5.41) is 5.69. The number of amides is 2. The Labute approximate surface area is 163 Å². The van der Waals surface area contributed by atoms with Gasteiger partial charge in [0.05, 0.1) is 0 Å². The molecule has 2 amide bonds. The topological polar surface area (TPSA) is 70.7 Å². The number of likely N-dealkylation sites (N-methyl/N-ethyl adjacent to an activating group) is 1. The van der Waals surface area contributed by atoms with Crippen molar-refractivity contribution in [1.29, 1.82) is 0 Å². The molecular formula is C21H35N3O3. The molecule has 1 aromatic carbocycles. The minimum Gasteiger partial charge on any atom is -0.444 e. The fourth-order valence-corrected chi connectivity index (χ4v) is 2.86. The van der Waals surface area contributed by atoms with Crippen LogP contribution in [0.4, 0.5) is 4.79 Å². The third-order valence-corrected chi connectivity index (χ3v) is 4.30. The maximum Gasteiger partial charge on any atom is 0.408 e. The Bertz CT molecular complexity index is 580. The molecule has 0 spiro atoms. The molecule has 0 radical (unpaired) electrons. The number of nitrogens with zero attached hydrogens (tertiary/aromatic N) is 1. The van der Waals surface area contributed by atoms with E-state index in [0.717, 1.165) is 18.7 Å². The van der Waals surface area contributed by atoms with Crippen molar-refractivity contribution in [2.45, 2.75) is 65.6 Å². The molecule has 1 rings (SSSR count). The number of nitrogens with one attached hydrogen (secondary N) is 2. The van der Waals surface area contributed by atoms with E-state index in [0.29, 0.717) is 13.0 Å². The number of hydrogen-bond acceptors (Lipinski definition) is 4. The molecule has 0 aliphatic rings. The second-order valence-corrected chi connectivity index (χ2v) is 7.70. The van der Waals surface area contributed by atoms with Gasteiger partial charge >= 0.3 is 6.09 Å². The van der Waals surface area contributed by atoms with Crippen molar-refractivity contribution in [1.82, 2.24) is 15.5 Å². The summed E-state index contributed by atoms with van der Waals surface area (Å²) < 4.78 is 5.32. The predicted octanol–water partition coefficient (Wildman–Crippen LogP) is 2.97. The molecule has 2 atom stereocenters. The van der Waals surface area contributed by atoms with E-state index in [2.05, 4.69) is 36.3 Å². The van der Waals surface area contributed by atoms with E-state index in [1.165, 1.54) is 0 Å². The second-order valence-electron chi connectivity index (χ2n) is 7.70. The third-order valence-electron chi connectivity index (χ3n) is 4.30. The number of alkyl carbamates (subject to hydrolysis) is 1. The molecule has 0 saturated carbocycles. The summed E-state index contributed by atoms with van der Waals surface area (Å²) in [5.41, 5.74) is 0.361. The quantitative estimate of drug-likeness (QED) is 0.694. The molecule has 6 nitrogen and oxygen atoms in total. The highest BCUT2D eigenvalue weighted by molar-refractivity contribution is 5.86. The predicted molar refractivity (Wildman–Crippen MR) is 109 cm³/mol. The first kappa shape index (κ1) is 23.0. The lowest BCUT2D eigenvalue weighted by Gasteiger charge is -2.28. The summed E-state index contributed by atoms with van der Waals surface area (Å²) in [5.74, 6) is -0.205. The van der Waals surface area contributed by atoms with Crippen LogP contribution in [0.5, 0.6) is 0 Å². The van der Waals surface area contributed by atoms with Crippen LogP contribution in [0.1, 0.15) is 47.1 Å². The van der Waals surface area contributed by atoms with E-state index in [1.54, 1.807) is 20.8 Å². The minimum atomic E-state index is -0.689. The van der Waals surface area contributed by atoms with Crippen LogP contribution >= 0.6 is 0 Å². The Kier molecular flexibility index (Phi) is 9.29. The Morgan fingerprint density at radius 2 is 1.70 bits per heavy atom. The summed E-state index contributed by atoms with van der Waals surface area (Å²) in [6.45, 7) is 14.1. The Morgan fingerprint density at radius 1 is 1.11 bits per heavy atom. The van der Waals surface area contributed by atoms with Crippen molar-refractivity contribution in [2.24, 2.45) is 0 Å². The van der Waals surface area contributed by atoms with E-state index < -0.39 is 17.7 Å². The molecule has 0 aromatic heterocycles. The van der Waals surface area contributed by atoms with Gasteiger partial charge in [-0.2, -0.15) is 0 Å². The SMILES string of the molecule is CCN(CC)C(C)CNC(=O)C(Cc1ccccc1)NC(=O)OC(C)(C)C. The first-order valence-corrected chi connectivity index (χ1v) is 9.71. The van der Waals surface area contributed by atoms with Crippen LogP contribution in [0.3, 0.4) is 0 Å². The Morgan fingerprint density at radius 3 is 2.22 bits per heavy atom. The summed E-state index contributed by atoms with van der Waals surface area (Å²) in [7, 11) is 0. The summed E-state index contributed by atoms with van der Waals surface area (Å²) >= 11 is 0. The van der Waals surface area contributed by atoms with Crippen LogP contribution in [-0.4, -0.2) is 54.2 Å². The number of carbonyl (C=O) groups excluding carboxylic acids is 2. The number of benzene rings is 1. The number of ether oxygens (including phenoxy) is 1. The molecule has 6 heteroatoms. The van der Waals surface area contributed by atoms with Crippen LogP contribution in [0, 0.1) is 0 Å². The van der Waals surface area contributed by atoms with E-state index in [9.17, 15) is 9.59 Å². The largest absolute Gasteiger partial charge is 0.444 e. The smallest absolute Gasteiger partial charge is 0.408 e. The van der Waals surface area contributed by atoms with E-state index in [1.807, 2.05) is 30.3 Å². The fourth-order valence-electron chi connectivity index (χ4n) is 2.86. The van der Waals surface area contributed by atoms with Crippen molar-refractivity contribution >= 4 is 12.0 Å². The van der Waals surface area contributed by atoms with Gasteiger partial charge in [-0.05, 0) is 46.3 Å². The average molecular weight is 378 g/mol. The molecule has 0 saturated heterocycles. The highest BCUT2D eigenvalue weighted by Crippen LogP contribution is 2.09. The normalized spacial score (nSPS) is 13.7. The minimum absolute atomic E-state index is 0.205. The highest BCUT2D eigenvalue weighted by atomic mass is 16.6. The molecule has 2 unspecified atom stereocenters. The third kappa shape index (κ3) is 8.91. The molecule has 0 fully saturated rings. The zero-order valence-electron chi connectivity index (χ0n) is 17.5. The van der Waals surface area contributed by atoms with Crippen molar-refractivity contribution < 1.29 is 14.3 Å². The van der Waals surface area contributed by atoms with Crippen LogP contribution < -0.4 is 10.6 Å². The second kappa shape index (κ2) is 10.9. The summed E-state index contributed by atoms with van der Waals surface area (Å²) in [6, 6.07) is 9.17. The lowest BCUT2D eigenvalue weighted by molar-refractivity contribution is -0.123. The molecule has 27 heavy (non-hydrogen) atoms. The van der Waals surface area contributed by atoms with Gasteiger partial charge in [0.1, 0.15) is 11.6 Å². The van der Waals surface area contributed by atoms with Gasteiger partial charge in [-0.3, -0.25) is 9.69 Å². The van der Waals surface area contributed by atoms with E-state index in [4.69, 9.17) is 4.74 Å². The zero-order chi connectivity index (χ0) is 20.4. The maximum absolute atomic E-state index is 12.8. The molecule has 0 aliphatic carbocycles. The number of carbonyl (C=O) groups is 2. The van der Waals surface area contributed by atoms with Gasteiger partial charge in [0.15, 0.2) is 0 Å². The molecule has 1 aromatic rings. The van der Waals surface area contributed by atoms with E-state index in [-0.39, 0.29) is 11.9 Å². The average Bonchev–Trinajstić information content (AvgIpc) is 2.59. The van der Waals surface area contributed by atoms with Gasteiger partial charge in [0.25, 0.3) is 0 Å². The van der Waals surface area contributed by atoms with Gasteiger partial charge in [0.2, 0.25) is 5.91 Å². The standard InChI is InChI=1S/C21H35N3O3/c1-7-24(8-2)16(3)15-22-19(25)18(14-17-12-10-9-11-13-17)23-20(26)27-21(4,5)6/h9-13,16,18H,7-8,14-15H2,1-6H3,(H,22,25)(H,23,26). The molecule has 152 valence electrons. The number of hydrogen-bond donors (Lipinski definition) is 2. The van der Waals surface area contributed by atoms with Crippen molar-refractivity contribution in [3.05, 3.63) is 35.9 Å². The van der Waals surface area contributed by atoms with Gasteiger partial charge < -0.3 is 15.4 Å². The Hall–Kier alpha value is -2.08. The fraction of sp³-hybridized carbons (Fsp3) is 0.619. The van der Waals surface area contributed by atoms with Crippen molar-refractivity contribution in [3.63, 3.8) is 0 Å². The van der Waals surface area contributed by atoms with Gasteiger partial charge in [-0.25, -0.2) is 4.79 Å². The first-order chi connectivity index (χ1) is 12.7. The van der Waals surface area contributed by atoms with Crippen LogP contribution in [0.25, 0.3) is 0 Å². The number of rotatable bonds is 9. The van der Waals surface area contributed by atoms with Crippen LogP contribution in [-0.2, 0) is 16.0 Å². The van der Waals surface area contributed by atoms with Crippen molar-refractivity contribution in [3.8, 4) is 0 Å². The maximum atomic E-state index is 12.8. The van der Waals surface area contributed by atoms with Crippen LogP contribution in [0.2, 0.25) is 0 Å². The van der Waals surface area contributed by atoms with Gasteiger partial charge in [0, 0.05) is 19.0 Å². The summed E-state index contributed by atoms with van der Waals surface area (Å²) in [6.07, 6.45) is -0.179. The van der Waals surface area contributed by atoms with Crippen molar-refractivity contribution in [2.75, 3.05) is 19.6 Å². The first-order valence-electron chi connectivity index (χ1n) is 9.71. The molecular weight excluding hydrogens is 342 g/mol. The monoisotopic (exact) mass is 377 g/mol. The van der Waals surface area contributed by atoms with Crippen LogP contribution in [0.15, 0.2) is 30.3 Å². The molecule has 0 heterocycles. The molecule has 0 bridgehead atoms. The lowest BCUT2D eigenvalue weighted by Crippen LogP contribution is -2.51. The molecule has 0 aliphatic heterocycles. The zero-order valence-corrected chi connectivity index (χ0v) is 17.5. The highest BCUT2D eigenvalue weighted by Gasteiger charge is 2.25. The van der Waals surface area contributed by atoms with E-state index >= 15 is 0 Å². The molecule has 2 N–H and O–H groups in total. The van der Waals surface area contributed by atoms with Gasteiger partial charge in [-0.1, -0.05) is 44.2 Å².